The zero-order valence-electron chi connectivity index (χ0n) is 12.8. The minimum Gasteiger partial charge on any atom is -0.481 e. The fourth-order valence-electron chi connectivity index (χ4n) is 2.41. The molecule has 3 atom stereocenters. The van der Waals surface area contributed by atoms with Gasteiger partial charge in [-0.1, -0.05) is 27.7 Å². The summed E-state index contributed by atoms with van der Waals surface area (Å²) in [5.74, 6) is -1.24. The molecule has 0 aromatic carbocycles. The number of rotatable bonds is 2. The van der Waals surface area contributed by atoms with Crippen LogP contribution in [0.3, 0.4) is 0 Å². The van der Waals surface area contributed by atoms with Gasteiger partial charge >= 0.3 is 12.0 Å². The minimum atomic E-state index is -0.811. The van der Waals surface area contributed by atoms with E-state index in [2.05, 4.69) is 20.8 Å². The molecule has 0 spiro atoms. The molecule has 19 heavy (non-hydrogen) atoms. The fraction of sp³-hybridized carbons (Fsp3) is 0.857. The summed E-state index contributed by atoms with van der Waals surface area (Å²) >= 11 is 0. The maximum atomic E-state index is 12.4. The van der Waals surface area contributed by atoms with Gasteiger partial charge in [-0.2, -0.15) is 0 Å². The summed E-state index contributed by atoms with van der Waals surface area (Å²) in [5, 5.41) is 9.11. The van der Waals surface area contributed by atoms with Crippen LogP contribution in [0.25, 0.3) is 0 Å². The van der Waals surface area contributed by atoms with Crippen molar-refractivity contribution in [3.63, 3.8) is 0 Å². The first-order chi connectivity index (χ1) is 8.55. The van der Waals surface area contributed by atoms with Crippen LogP contribution in [-0.2, 0) is 4.79 Å². The van der Waals surface area contributed by atoms with Gasteiger partial charge < -0.3 is 14.9 Å². The molecule has 0 radical (unpaired) electrons. The van der Waals surface area contributed by atoms with E-state index in [1.165, 1.54) is 0 Å². The van der Waals surface area contributed by atoms with Crippen LogP contribution in [0.1, 0.15) is 34.6 Å². The number of amides is 2. The van der Waals surface area contributed by atoms with Crippen molar-refractivity contribution in [2.24, 2.45) is 17.3 Å². The molecule has 1 unspecified atom stereocenters. The number of aliphatic carboxylic acids is 1. The average Bonchev–Trinajstić information content (AvgIpc) is 2.67. The van der Waals surface area contributed by atoms with Crippen molar-refractivity contribution in [3.05, 3.63) is 0 Å². The number of hydrogen-bond donors (Lipinski definition) is 1. The molecular weight excluding hydrogens is 244 g/mol. The van der Waals surface area contributed by atoms with E-state index in [4.69, 9.17) is 5.11 Å². The van der Waals surface area contributed by atoms with E-state index in [1.807, 2.05) is 13.8 Å². The van der Waals surface area contributed by atoms with E-state index >= 15 is 0 Å². The molecule has 5 heteroatoms. The van der Waals surface area contributed by atoms with Gasteiger partial charge in [0.15, 0.2) is 0 Å². The van der Waals surface area contributed by atoms with E-state index < -0.39 is 11.9 Å². The Morgan fingerprint density at radius 1 is 1.32 bits per heavy atom. The maximum Gasteiger partial charge on any atom is 0.320 e. The zero-order chi connectivity index (χ0) is 15.0. The van der Waals surface area contributed by atoms with E-state index in [0.29, 0.717) is 13.1 Å². The highest BCUT2D eigenvalue weighted by atomic mass is 16.4. The summed E-state index contributed by atoms with van der Waals surface area (Å²) in [6.45, 7) is 11.0. The number of carbonyl (C=O) groups excluding carboxylic acids is 1. The second-order valence-corrected chi connectivity index (χ2v) is 6.76. The first-order valence-electron chi connectivity index (χ1n) is 6.80. The Kier molecular flexibility index (Phi) is 4.48. The number of nitrogens with zero attached hydrogens (tertiary/aromatic N) is 2. The molecule has 1 fully saturated rings. The lowest BCUT2D eigenvalue weighted by Gasteiger charge is -2.37. The van der Waals surface area contributed by atoms with Crippen molar-refractivity contribution in [3.8, 4) is 0 Å². The van der Waals surface area contributed by atoms with E-state index in [-0.39, 0.29) is 23.4 Å². The van der Waals surface area contributed by atoms with Crippen LogP contribution in [0, 0.1) is 17.3 Å². The maximum absolute atomic E-state index is 12.4. The molecule has 0 aromatic rings. The second-order valence-electron chi connectivity index (χ2n) is 6.76. The molecule has 1 saturated heterocycles. The molecule has 0 bridgehead atoms. The Bertz CT molecular complexity index is 362. The number of hydrogen-bond acceptors (Lipinski definition) is 2. The first-order valence-corrected chi connectivity index (χ1v) is 6.80. The largest absolute Gasteiger partial charge is 0.481 e. The van der Waals surface area contributed by atoms with Crippen molar-refractivity contribution in [1.82, 2.24) is 9.80 Å². The highest BCUT2D eigenvalue weighted by molar-refractivity contribution is 5.77. The molecule has 1 aliphatic heterocycles. The summed E-state index contributed by atoms with van der Waals surface area (Å²) in [4.78, 5) is 26.9. The zero-order valence-corrected chi connectivity index (χ0v) is 12.8. The van der Waals surface area contributed by atoms with Crippen molar-refractivity contribution in [2.45, 2.75) is 40.7 Å². The molecule has 1 N–H and O–H groups in total. The molecule has 1 aliphatic rings. The number of carboxylic acid groups (broad SMARTS) is 1. The summed E-state index contributed by atoms with van der Waals surface area (Å²) in [7, 11) is 1.79. The van der Waals surface area contributed by atoms with Crippen molar-refractivity contribution >= 4 is 12.0 Å². The average molecular weight is 270 g/mol. The van der Waals surface area contributed by atoms with Crippen LogP contribution >= 0.6 is 0 Å². The Morgan fingerprint density at radius 3 is 2.21 bits per heavy atom. The number of urea groups is 1. The van der Waals surface area contributed by atoms with Gasteiger partial charge in [0.25, 0.3) is 0 Å². The van der Waals surface area contributed by atoms with Crippen LogP contribution in [0.15, 0.2) is 0 Å². The summed E-state index contributed by atoms with van der Waals surface area (Å²) in [6.07, 6.45) is 0. The van der Waals surface area contributed by atoms with Gasteiger partial charge in [-0.15, -0.1) is 0 Å². The van der Waals surface area contributed by atoms with Crippen LogP contribution in [0.5, 0.6) is 0 Å². The van der Waals surface area contributed by atoms with Crippen LogP contribution in [-0.4, -0.2) is 53.1 Å². The van der Waals surface area contributed by atoms with Gasteiger partial charge in [-0.25, -0.2) is 4.79 Å². The fourth-order valence-corrected chi connectivity index (χ4v) is 2.41. The minimum absolute atomic E-state index is 0.00193. The molecule has 0 saturated carbocycles. The number of carboxylic acids is 1. The molecule has 110 valence electrons. The smallest absolute Gasteiger partial charge is 0.320 e. The Labute approximate surface area is 115 Å². The number of likely N-dealkylation sites (tertiary alicyclic amines) is 1. The highest BCUT2D eigenvalue weighted by Gasteiger charge is 2.39. The van der Waals surface area contributed by atoms with Crippen LogP contribution in [0.2, 0.25) is 0 Å². The lowest BCUT2D eigenvalue weighted by atomic mass is 9.87. The molecule has 0 aliphatic carbocycles. The van der Waals surface area contributed by atoms with Crippen molar-refractivity contribution in [2.75, 3.05) is 20.1 Å². The normalized spacial score (nSPS) is 25.3. The Balaban J connectivity index is 2.72. The number of carbonyl (C=O) groups is 2. The second kappa shape index (κ2) is 5.39. The topological polar surface area (TPSA) is 60.9 Å². The first kappa shape index (κ1) is 15.8. The quantitative estimate of drug-likeness (QED) is 0.836. The van der Waals surface area contributed by atoms with Gasteiger partial charge in [-0.05, 0) is 18.3 Å². The van der Waals surface area contributed by atoms with Crippen molar-refractivity contribution < 1.29 is 14.7 Å². The lowest BCUT2D eigenvalue weighted by Crippen LogP contribution is -2.48. The summed E-state index contributed by atoms with van der Waals surface area (Å²) in [5.41, 5.74) is 0.00193. The van der Waals surface area contributed by atoms with Gasteiger partial charge in [0.1, 0.15) is 0 Å². The van der Waals surface area contributed by atoms with Gasteiger partial charge in [0.05, 0.1) is 5.92 Å². The third kappa shape index (κ3) is 3.39. The standard InChI is InChI=1S/C14H26N2O3/c1-9-7-16(8-11(9)12(17)18)13(19)15(6)10(2)14(3,4)5/h9-11H,7-8H2,1-6H3,(H,17,18)/t9-,10?,11-/m1/s1. The molecule has 5 nitrogen and oxygen atoms in total. The van der Waals surface area contributed by atoms with Crippen LogP contribution in [0.4, 0.5) is 4.79 Å². The Morgan fingerprint density at radius 2 is 1.84 bits per heavy atom. The molecule has 2 amide bonds. The van der Waals surface area contributed by atoms with Crippen molar-refractivity contribution in [1.29, 1.82) is 0 Å². The molecule has 1 rings (SSSR count). The van der Waals surface area contributed by atoms with E-state index in [9.17, 15) is 9.59 Å². The molecule has 0 aromatic heterocycles. The summed E-state index contributed by atoms with van der Waals surface area (Å²) < 4.78 is 0. The third-order valence-electron chi connectivity index (χ3n) is 4.34. The summed E-state index contributed by atoms with van der Waals surface area (Å²) in [6, 6.07) is 0.0252. The predicted molar refractivity (Wildman–Crippen MR) is 73.9 cm³/mol. The molecular formula is C14H26N2O3. The Hall–Kier alpha value is -1.26. The van der Waals surface area contributed by atoms with Gasteiger partial charge in [0.2, 0.25) is 0 Å². The predicted octanol–water partition coefficient (Wildman–Crippen LogP) is 2.13. The lowest BCUT2D eigenvalue weighted by molar-refractivity contribution is -0.142. The van der Waals surface area contributed by atoms with E-state index in [0.717, 1.165) is 0 Å². The van der Waals surface area contributed by atoms with Crippen LogP contribution < -0.4 is 0 Å². The van der Waals surface area contributed by atoms with Gasteiger partial charge in [-0.3, -0.25) is 4.79 Å². The SMILES string of the molecule is CC(N(C)C(=O)N1C[C@@H](C)[C@H](C(=O)O)C1)C(C)(C)C. The monoisotopic (exact) mass is 270 g/mol. The third-order valence-corrected chi connectivity index (χ3v) is 4.34. The van der Waals surface area contributed by atoms with Gasteiger partial charge in [0, 0.05) is 26.2 Å². The highest BCUT2D eigenvalue weighted by Crippen LogP contribution is 2.27. The molecule has 1 heterocycles. The van der Waals surface area contributed by atoms with E-state index in [1.54, 1.807) is 16.8 Å².